The summed E-state index contributed by atoms with van der Waals surface area (Å²) in [4.78, 5) is 11.8. The molecule has 1 fully saturated rings. The molecule has 0 heterocycles. The number of carbonyl (C=O) groups is 1. The molecule has 2 nitrogen and oxygen atoms in total. The zero-order valence-electron chi connectivity index (χ0n) is 11.3. The van der Waals surface area contributed by atoms with Gasteiger partial charge in [-0.1, -0.05) is 48.1 Å². The zero-order chi connectivity index (χ0) is 13.7. The van der Waals surface area contributed by atoms with Crippen LogP contribution in [0.15, 0.2) is 53.6 Å². The highest BCUT2D eigenvalue weighted by Crippen LogP contribution is 2.57. The second kappa shape index (κ2) is 4.34. The maximum atomic E-state index is 11.8. The van der Waals surface area contributed by atoms with Crippen molar-refractivity contribution in [3.8, 4) is 0 Å². The predicted molar refractivity (Wildman–Crippen MR) is 77.3 cm³/mol. The maximum Gasteiger partial charge on any atom is 0.311 e. The molecule has 0 spiro atoms. The minimum absolute atomic E-state index is 0.199. The Bertz CT molecular complexity index is 612. The van der Waals surface area contributed by atoms with Gasteiger partial charge in [-0.05, 0) is 48.2 Å². The lowest BCUT2D eigenvalue weighted by Crippen LogP contribution is -2.22. The highest BCUT2D eigenvalue weighted by molar-refractivity contribution is 5.77. The van der Waals surface area contributed by atoms with Crippen LogP contribution in [-0.4, -0.2) is 11.1 Å². The third-order valence-corrected chi connectivity index (χ3v) is 5.30. The number of hydrogen-bond acceptors (Lipinski definition) is 1. The SMILES string of the molecule is O=C(O)C(c1ccccc1)C1CCC2C1=C1C=CC2C1. The Morgan fingerprint density at radius 2 is 2.00 bits per heavy atom. The summed E-state index contributed by atoms with van der Waals surface area (Å²) in [6.07, 6.45) is 7.89. The van der Waals surface area contributed by atoms with Crippen LogP contribution in [0.25, 0.3) is 0 Å². The number of allylic oxidation sites excluding steroid dienone is 4. The Morgan fingerprint density at radius 3 is 2.75 bits per heavy atom. The lowest BCUT2D eigenvalue weighted by molar-refractivity contribution is -0.139. The standard InChI is InChI=1S/C18H18O2/c19-18(20)17(11-4-2-1-3-5-11)15-9-8-14-12-6-7-13(10-12)16(14)15/h1-7,12,14-15,17H,8-10H2,(H,19,20). The van der Waals surface area contributed by atoms with E-state index >= 15 is 0 Å². The van der Waals surface area contributed by atoms with Crippen LogP contribution >= 0.6 is 0 Å². The van der Waals surface area contributed by atoms with Crippen molar-refractivity contribution in [2.24, 2.45) is 17.8 Å². The van der Waals surface area contributed by atoms with Crippen LogP contribution in [0.5, 0.6) is 0 Å². The van der Waals surface area contributed by atoms with Crippen molar-refractivity contribution < 1.29 is 9.90 Å². The quantitative estimate of drug-likeness (QED) is 0.904. The first kappa shape index (κ1) is 12.0. The Hall–Kier alpha value is -1.83. The number of benzene rings is 1. The molecule has 3 aliphatic rings. The van der Waals surface area contributed by atoms with Gasteiger partial charge in [0.15, 0.2) is 0 Å². The largest absolute Gasteiger partial charge is 0.481 e. The minimum Gasteiger partial charge on any atom is -0.481 e. The lowest BCUT2D eigenvalue weighted by atomic mass is 9.80. The maximum absolute atomic E-state index is 11.8. The first-order valence-electron chi connectivity index (χ1n) is 7.44. The summed E-state index contributed by atoms with van der Waals surface area (Å²) in [5.74, 6) is 0.434. The van der Waals surface area contributed by atoms with Gasteiger partial charge in [0.25, 0.3) is 0 Å². The van der Waals surface area contributed by atoms with Crippen LogP contribution in [0.4, 0.5) is 0 Å². The van der Waals surface area contributed by atoms with Gasteiger partial charge >= 0.3 is 5.97 Å². The Labute approximate surface area is 118 Å². The van der Waals surface area contributed by atoms with Gasteiger partial charge in [0.2, 0.25) is 0 Å². The average molecular weight is 266 g/mol. The molecule has 1 aromatic rings. The van der Waals surface area contributed by atoms with Gasteiger partial charge in [0.1, 0.15) is 0 Å². The van der Waals surface area contributed by atoms with E-state index in [4.69, 9.17) is 0 Å². The number of carboxylic acids is 1. The predicted octanol–water partition coefficient (Wildman–Crippen LogP) is 3.77. The zero-order valence-corrected chi connectivity index (χ0v) is 11.3. The van der Waals surface area contributed by atoms with E-state index < -0.39 is 5.97 Å². The topological polar surface area (TPSA) is 37.3 Å². The van der Waals surface area contributed by atoms with E-state index in [1.807, 2.05) is 30.3 Å². The van der Waals surface area contributed by atoms with E-state index in [-0.39, 0.29) is 11.8 Å². The Kier molecular flexibility index (Phi) is 2.59. The highest BCUT2D eigenvalue weighted by Gasteiger charge is 2.47. The summed E-state index contributed by atoms with van der Waals surface area (Å²) in [6.45, 7) is 0. The lowest BCUT2D eigenvalue weighted by Gasteiger charge is -2.24. The fraction of sp³-hybridized carbons (Fsp3) is 0.389. The molecule has 2 heteroatoms. The van der Waals surface area contributed by atoms with Crippen molar-refractivity contribution in [3.63, 3.8) is 0 Å². The van der Waals surface area contributed by atoms with Crippen molar-refractivity contribution in [2.75, 3.05) is 0 Å². The van der Waals surface area contributed by atoms with Gasteiger partial charge in [-0.2, -0.15) is 0 Å². The molecule has 1 aromatic carbocycles. The summed E-state index contributed by atoms with van der Waals surface area (Å²) >= 11 is 0. The molecule has 0 amide bonds. The van der Waals surface area contributed by atoms with Crippen LogP contribution in [0.1, 0.15) is 30.7 Å². The number of carboxylic acid groups (broad SMARTS) is 1. The number of rotatable bonds is 3. The molecule has 0 aromatic heterocycles. The molecule has 0 radical (unpaired) electrons. The smallest absolute Gasteiger partial charge is 0.311 e. The third-order valence-electron chi connectivity index (χ3n) is 5.30. The minimum atomic E-state index is -0.679. The summed E-state index contributed by atoms with van der Waals surface area (Å²) in [5.41, 5.74) is 3.85. The first-order valence-corrected chi connectivity index (χ1v) is 7.44. The van der Waals surface area contributed by atoms with Gasteiger partial charge in [0, 0.05) is 0 Å². The first-order chi connectivity index (χ1) is 9.75. The third kappa shape index (κ3) is 1.60. The van der Waals surface area contributed by atoms with Crippen molar-refractivity contribution in [3.05, 3.63) is 59.2 Å². The number of aliphatic carboxylic acids is 1. The van der Waals surface area contributed by atoms with Crippen molar-refractivity contribution >= 4 is 5.97 Å². The molecule has 4 unspecified atom stereocenters. The highest BCUT2D eigenvalue weighted by atomic mass is 16.4. The molecule has 2 bridgehead atoms. The van der Waals surface area contributed by atoms with Crippen LogP contribution in [0.3, 0.4) is 0 Å². The second-order valence-corrected chi connectivity index (χ2v) is 6.22. The van der Waals surface area contributed by atoms with E-state index in [0.717, 1.165) is 24.8 Å². The summed E-state index contributed by atoms with van der Waals surface area (Å²) < 4.78 is 0. The summed E-state index contributed by atoms with van der Waals surface area (Å²) in [7, 11) is 0. The van der Waals surface area contributed by atoms with Crippen LogP contribution < -0.4 is 0 Å². The van der Waals surface area contributed by atoms with E-state index in [0.29, 0.717) is 11.8 Å². The Morgan fingerprint density at radius 1 is 1.20 bits per heavy atom. The molecule has 4 rings (SSSR count). The van der Waals surface area contributed by atoms with Crippen molar-refractivity contribution in [1.29, 1.82) is 0 Å². The average Bonchev–Trinajstić information content (AvgIpc) is 3.13. The molecule has 0 aliphatic heterocycles. The van der Waals surface area contributed by atoms with Gasteiger partial charge < -0.3 is 5.11 Å². The number of hydrogen-bond donors (Lipinski definition) is 1. The molecule has 3 aliphatic carbocycles. The summed E-state index contributed by atoms with van der Waals surface area (Å²) in [6, 6.07) is 9.75. The molecule has 102 valence electrons. The second-order valence-electron chi connectivity index (χ2n) is 6.22. The molecular weight excluding hydrogens is 248 g/mol. The molecule has 1 saturated carbocycles. The molecule has 0 saturated heterocycles. The van der Waals surface area contributed by atoms with E-state index in [2.05, 4.69) is 12.2 Å². The van der Waals surface area contributed by atoms with Crippen molar-refractivity contribution in [2.45, 2.75) is 25.2 Å². The van der Waals surface area contributed by atoms with E-state index in [1.165, 1.54) is 11.1 Å². The fourth-order valence-electron chi connectivity index (χ4n) is 4.54. The summed E-state index contributed by atoms with van der Waals surface area (Å²) in [5, 5.41) is 9.74. The molecule has 4 atom stereocenters. The molecule has 20 heavy (non-hydrogen) atoms. The van der Waals surface area contributed by atoms with Gasteiger partial charge in [-0.25, -0.2) is 0 Å². The van der Waals surface area contributed by atoms with Crippen LogP contribution in [0, 0.1) is 17.8 Å². The van der Waals surface area contributed by atoms with Crippen molar-refractivity contribution in [1.82, 2.24) is 0 Å². The molecular formula is C18H18O2. The van der Waals surface area contributed by atoms with Crippen LogP contribution in [0.2, 0.25) is 0 Å². The molecule has 1 N–H and O–H groups in total. The monoisotopic (exact) mass is 266 g/mol. The van der Waals surface area contributed by atoms with Crippen LogP contribution in [-0.2, 0) is 4.79 Å². The van der Waals surface area contributed by atoms with Gasteiger partial charge in [0.05, 0.1) is 5.92 Å². The van der Waals surface area contributed by atoms with Gasteiger partial charge in [-0.3, -0.25) is 4.79 Å². The fourth-order valence-corrected chi connectivity index (χ4v) is 4.54. The van der Waals surface area contributed by atoms with Gasteiger partial charge in [-0.15, -0.1) is 0 Å². The van der Waals surface area contributed by atoms with E-state index in [9.17, 15) is 9.90 Å². The number of fused-ring (bicyclic) bond motifs is 4. The van der Waals surface area contributed by atoms with E-state index in [1.54, 1.807) is 0 Å². The normalized spacial score (nSPS) is 31.7. The Balaban J connectivity index is 1.75.